The van der Waals surface area contributed by atoms with Gasteiger partial charge in [0.15, 0.2) is 0 Å². The summed E-state index contributed by atoms with van der Waals surface area (Å²) in [6.45, 7) is 2.12. The number of aromatic carboxylic acids is 1. The molecular formula is C22H22N2O5S. The highest BCUT2D eigenvalue weighted by Gasteiger charge is 2.41. The van der Waals surface area contributed by atoms with Crippen molar-refractivity contribution in [2.24, 2.45) is 0 Å². The van der Waals surface area contributed by atoms with E-state index in [9.17, 15) is 19.2 Å². The van der Waals surface area contributed by atoms with Crippen LogP contribution in [0.3, 0.4) is 0 Å². The number of carbonyl (C=O) groups excluding carboxylic acids is 3. The number of imide groups is 1. The molecule has 1 aliphatic rings. The predicted octanol–water partition coefficient (Wildman–Crippen LogP) is 4.32. The molecule has 2 aromatic carbocycles. The molecule has 156 valence electrons. The number of benzene rings is 2. The van der Waals surface area contributed by atoms with Gasteiger partial charge in [0.1, 0.15) is 5.25 Å². The highest BCUT2D eigenvalue weighted by molar-refractivity contribution is 8.15. The quantitative estimate of drug-likeness (QED) is 0.651. The number of aryl methyl sites for hydroxylation is 1. The van der Waals surface area contributed by atoms with E-state index < -0.39 is 28.3 Å². The molecular weight excluding hydrogens is 404 g/mol. The van der Waals surface area contributed by atoms with Gasteiger partial charge >= 0.3 is 5.97 Å². The maximum absolute atomic E-state index is 12.7. The Labute approximate surface area is 178 Å². The van der Waals surface area contributed by atoms with Gasteiger partial charge in [-0.2, -0.15) is 0 Å². The molecule has 1 unspecified atom stereocenters. The lowest BCUT2D eigenvalue weighted by molar-refractivity contribution is -0.121. The standard InChI is InChI=1S/C22H22N2O5S/c1-2-3-5-14-8-10-17(11-9-14)24-20(26)18(30-22(24)29)13-19(25)23-16-7-4-6-15(12-16)21(27)28/h4,6-12,18H,2-3,5,13H2,1H3,(H,23,25)(H,27,28). The molecule has 3 amide bonds. The molecule has 1 atom stereocenters. The number of amides is 3. The summed E-state index contributed by atoms with van der Waals surface area (Å²) in [4.78, 5) is 49.6. The van der Waals surface area contributed by atoms with Gasteiger partial charge in [-0.25, -0.2) is 9.69 Å². The Morgan fingerprint density at radius 3 is 2.53 bits per heavy atom. The molecule has 2 aromatic rings. The summed E-state index contributed by atoms with van der Waals surface area (Å²) in [5.74, 6) is -2.00. The maximum Gasteiger partial charge on any atom is 0.335 e. The first-order chi connectivity index (χ1) is 14.4. The average molecular weight is 426 g/mol. The Bertz CT molecular complexity index is 974. The second kappa shape index (κ2) is 9.58. The monoisotopic (exact) mass is 426 g/mol. The minimum atomic E-state index is -1.10. The topological polar surface area (TPSA) is 104 Å². The Balaban J connectivity index is 1.63. The van der Waals surface area contributed by atoms with Crippen LogP contribution in [0, 0.1) is 0 Å². The van der Waals surface area contributed by atoms with Crippen LogP contribution in [0.15, 0.2) is 48.5 Å². The van der Waals surface area contributed by atoms with Crippen LogP contribution in [0.1, 0.15) is 42.1 Å². The van der Waals surface area contributed by atoms with Crippen LogP contribution in [0.25, 0.3) is 0 Å². The third-order valence-corrected chi connectivity index (χ3v) is 5.74. The van der Waals surface area contributed by atoms with Gasteiger partial charge in [0, 0.05) is 12.1 Å². The number of nitrogens with one attached hydrogen (secondary N) is 1. The number of unbranched alkanes of at least 4 members (excludes halogenated alkanes) is 1. The van der Waals surface area contributed by atoms with Crippen LogP contribution in [0.4, 0.5) is 16.2 Å². The van der Waals surface area contributed by atoms with E-state index in [1.165, 1.54) is 18.2 Å². The smallest absolute Gasteiger partial charge is 0.335 e. The molecule has 8 heteroatoms. The van der Waals surface area contributed by atoms with Crippen LogP contribution in [-0.4, -0.2) is 33.4 Å². The van der Waals surface area contributed by atoms with E-state index in [1.807, 2.05) is 12.1 Å². The van der Waals surface area contributed by atoms with Gasteiger partial charge in [0.05, 0.1) is 11.3 Å². The molecule has 0 aliphatic carbocycles. The summed E-state index contributed by atoms with van der Waals surface area (Å²) in [6.07, 6.45) is 2.92. The van der Waals surface area contributed by atoms with Crippen LogP contribution in [-0.2, 0) is 16.0 Å². The van der Waals surface area contributed by atoms with E-state index in [-0.39, 0.29) is 12.0 Å². The van der Waals surface area contributed by atoms with Crippen molar-refractivity contribution in [3.63, 3.8) is 0 Å². The molecule has 0 bridgehead atoms. The first-order valence-corrected chi connectivity index (χ1v) is 10.5. The highest BCUT2D eigenvalue weighted by Crippen LogP contribution is 2.33. The Hall–Kier alpha value is -3.13. The van der Waals surface area contributed by atoms with Gasteiger partial charge in [-0.1, -0.05) is 31.5 Å². The van der Waals surface area contributed by atoms with Crippen molar-refractivity contribution in [2.45, 2.75) is 37.9 Å². The lowest BCUT2D eigenvalue weighted by atomic mass is 10.1. The second-order valence-corrected chi connectivity index (χ2v) is 8.11. The van der Waals surface area contributed by atoms with E-state index in [0.29, 0.717) is 11.4 Å². The predicted molar refractivity (Wildman–Crippen MR) is 116 cm³/mol. The molecule has 1 fully saturated rings. The Morgan fingerprint density at radius 2 is 1.87 bits per heavy atom. The fraction of sp³-hybridized carbons (Fsp3) is 0.273. The Morgan fingerprint density at radius 1 is 1.13 bits per heavy atom. The molecule has 3 rings (SSSR count). The lowest BCUT2D eigenvalue weighted by Gasteiger charge is -2.14. The van der Waals surface area contributed by atoms with Crippen LogP contribution < -0.4 is 10.2 Å². The molecule has 0 saturated carbocycles. The largest absolute Gasteiger partial charge is 0.478 e. The zero-order chi connectivity index (χ0) is 21.7. The Kier molecular flexibility index (Phi) is 6.89. The number of hydrogen-bond acceptors (Lipinski definition) is 5. The van der Waals surface area contributed by atoms with E-state index >= 15 is 0 Å². The zero-order valence-electron chi connectivity index (χ0n) is 16.5. The molecule has 0 aromatic heterocycles. The van der Waals surface area contributed by atoms with Gasteiger partial charge in [-0.05, 0) is 60.5 Å². The van der Waals surface area contributed by atoms with E-state index in [1.54, 1.807) is 18.2 Å². The van der Waals surface area contributed by atoms with Gasteiger partial charge in [0.25, 0.3) is 5.24 Å². The van der Waals surface area contributed by atoms with E-state index in [2.05, 4.69) is 12.2 Å². The van der Waals surface area contributed by atoms with Crippen LogP contribution in [0.5, 0.6) is 0 Å². The molecule has 0 spiro atoms. The van der Waals surface area contributed by atoms with Crippen molar-refractivity contribution in [3.8, 4) is 0 Å². The number of nitrogens with zero attached hydrogens (tertiary/aromatic N) is 1. The van der Waals surface area contributed by atoms with Gasteiger partial charge in [0.2, 0.25) is 11.8 Å². The summed E-state index contributed by atoms with van der Waals surface area (Å²) in [5, 5.41) is 10.4. The zero-order valence-corrected chi connectivity index (χ0v) is 17.3. The summed E-state index contributed by atoms with van der Waals surface area (Å²) in [6, 6.07) is 13.1. The minimum Gasteiger partial charge on any atom is -0.478 e. The number of thioether (sulfide) groups is 1. The maximum atomic E-state index is 12.7. The van der Waals surface area contributed by atoms with Gasteiger partial charge in [-0.15, -0.1) is 0 Å². The first kappa shape index (κ1) is 21.6. The SMILES string of the molecule is CCCCc1ccc(N2C(=O)SC(CC(=O)Nc3cccc(C(=O)O)c3)C2=O)cc1. The summed E-state index contributed by atoms with van der Waals surface area (Å²) >= 11 is 0.824. The average Bonchev–Trinajstić information content (AvgIpc) is 3.00. The van der Waals surface area contributed by atoms with Crippen molar-refractivity contribution in [2.75, 3.05) is 10.2 Å². The number of carboxylic acid groups (broad SMARTS) is 1. The van der Waals surface area contributed by atoms with E-state index in [0.717, 1.165) is 41.5 Å². The third-order valence-electron chi connectivity index (χ3n) is 4.70. The molecule has 2 N–H and O–H groups in total. The summed E-state index contributed by atoms with van der Waals surface area (Å²) in [5.41, 5.74) is 2.01. The van der Waals surface area contributed by atoms with E-state index in [4.69, 9.17) is 5.11 Å². The second-order valence-electron chi connectivity index (χ2n) is 6.95. The van der Waals surface area contributed by atoms with Crippen molar-refractivity contribution in [1.82, 2.24) is 0 Å². The fourth-order valence-electron chi connectivity index (χ4n) is 3.12. The van der Waals surface area contributed by atoms with Crippen molar-refractivity contribution < 1.29 is 24.3 Å². The summed E-state index contributed by atoms with van der Waals surface area (Å²) < 4.78 is 0. The third kappa shape index (κ3) is 5.07. The number of anilines is 2. The van der Waals surface area contributed by atoms with Crippen molar-refractivity contribution in [3.05, 3.63) is 59.7 Å². The molecule has 0 radical (unpaired) electrons. The van der Waals surface area contributed by atoms with Gasteiger partial charge < -0.3 is 10.4 Å². The molecule has 7 nitrogen and oxygen atoms in total. The van der Waals surface area contributed by atoms with Gasteiger partial charge in [-0.3, -0.25) is 14.4 Å². The highest BCUT2D eigenvalue weighted by atomic mass is 32.2. The molecule has 1 heterocycles. The minimum absolute atomic E-state index is 0.0443. The number of hydrogen-bond donors (Lipinski definition) is 2. The van der Waals surface area contributed by atoms with Crippen LogP contribution in [0.2, 0.25) is 0 Å². The molecule has 30 heavy (non-hydrogen) atoms. The fourth-order valence-corrected chi connectivity index (χ4v) is 4.11. The summed E-state index contributed by atoms with van der Waals surface area (Å²) in [7, 11) is 0. The van der Waals surface area contributed by atoms with Crippen LogP contribution >= 0.6 is 11.8 Å². The molecule has 1 aliphatic heterocycles. The lowest BCUT2D eigenvalue weighted by Crippen LogP contribution is -2.33. The number of rotatable bonds is 8. The normalized spacial score (nSPS) is 16.0. The molecule has 1 saturated heterocycles. The number of carbonyl (C=O) groups is 4. The number of carboxylic acids is 1. The first-order valence-electron chi connectivity index (χ1n) is 9.65. The van der Waals surface area contributed by atoms with Crippen molar-refractivity contribution in [1.29, 1.82) is 0 Å². The van der Waals surface area contributed by atoms with Crippen molar-refractivity contribution >= 4 is 46.2 Å².